The third-order valence-corrected chi connectivity index (χ3v) is 3.59. The molecule has 0 spiro atoms. The molecule has 1 amide bonds. The normalized spacial score (nSPS) is 24.3. The number of carbonyl (C=O) groups excluding carboxylic acids is 1. The molecule has 0 saturated carbocycles. The molecular weight excluding hydrogens is 226 g/mol. The lowest BCUT2D eigenvalue weighted by Gasteiger charge is -2.21. The molecule has 18 heavy (non-hydrogen) atoms. The summed E-state index contributed by atoms with van der Waals surface area (Å²) >= 11 is 0. The predicted molar refractivity (Wildman–Crippen MR) is 75.4 cm³/mol. The molecule has 0 aromatic heterocycles. The van der Waals surface area contributed by atoms with Crippen molar-refractivity contribution in [1.82, 2.24) is 15.1 Å². The topological polar surface area (TPSA) is 35.6 Å². The van der Waals surface area contributed by atoms with Gasteiger partial charge in [0.2, 0.25) is 5.91 Å². The lowest BCUT2D eigenvalue weighted by molar-refractivity contribution is -0.130. The average molecular weight is 255 g/mol. The Morgan fingerprint density at radius 2 is 2.00 bits per heavy atom. The molecule has 1 N–H and O–H groups in total. The van der Waals surface area contributed by atoms with E-state index in [9.17, 15) is 4.79 Å². The highest BCUT2D eigenvalue weighted by molar-refractivity contribution is 5.84. The van der Waals surface area contributed by atoms with Gasteiger partial charge in [0, 0.05) is 6.54 Å². The molecule has 2 atom stereocenters. The SMILES string of the molecule is CCCCC1NC(C)N(CCCCN(C)C)C1=O. The van der Waals surface area contributed by atoms with Crippen molar-refractivity contribution in [3.63, 3.8) is 0 Å². The third kappa shape index (κ3) is 4.58. The number of rotatable bonds is 8. The fourth-order valence-corrected chi connectivity index (χ4v) is 2.47. The molecule has 2 unspecified atom stereocenters. The summed E-state index contributed by atoms with van der Waals surface area (Å²) in [5.41, 5.74) is 0. The van der Waals surface area contributed by atoms with E-state index in [-0.39, 0.29) is 12.2 Å². The first-order chi connectivity index (χ1) is 8.56. The second kappa shape index (κ2) is 7.74. The van der Waals surface area contributed by atoms with Crippen LogP contribution < -0.4 is 5.32 Å². The van der Waals surface area contributed by atoms with E-state index in [2.05, 4.69) is 38.2 Å². The molecule has 0 aromatic carbocycles. The van der Waals surface area contributed by atoms with Crippen molar-refractivity contribution in [2.45, 2.75) is 58.2 Å². The van der Waals surface area contributed by atoms with E-state index >= 15 is 0 Å². The molecule has 0 aliphatic carbocycles. The molecule has 1 saturated heterocycles. The van der Waals surface area contributed by atoms with Crippen LogP contribution >= 0.6 is 0 Å². The van der Waals surface area contributed by atoms with Crippen LogP contribution in [0.25, 0.3) is 0 Å². The summed E-state index contributed by atoms with van der Waals surface area (Å²) < 4.78 is 0. The largest absolute Gasteiger partial charge is 0.326 e. The lowest BCUT2D eigenvalue weighted by atomic mass is 10.1. The van der Waals surface area contributed by atoms with Gasteiger partial charge in [-0.05, 0) is 46.8 Å². The highest BCUT2D eigenvalue weighted by Crippen LogP contribution is 2.15. The number of hydrogen-bond donors (Lipinski definition) is 1. The first kappa shape index (κ1) is 15.4. The first-order valence-corrected chi connectivity index (χ1v) is 7.27. The summed E-state index contributed by atoms with van der Waals surface area (Å²) in [5, 5.41) is 3.40. The summed E-state index contributed by atoms with van der Waals surface area (Å²) in [7, 11) is 4.18. The fourth-order valence-electron chi connectivity index (χ4n) is 2.47. The maximum Gasteiger partial charge on any atom is 0.241 e. The zero-order valence-electron chi connectivity index (χ0n) is 12.4. The van der Waals surface area contributed by atoms with Gasteiger partial charge in [0.05, 0.1) is 12.2 Å². The molecule has 1 aliphatic rings. The van der Waals surface area contributed by atoms with Crippen molar-refractivity contribution in [3.8, 4) is 0 Å². The highest BCUT2D eigenvalue weighted by Gasteiger charge is 2.35. The van der Waals surface area contributed by atoms with Gasteiger partial charge in [-0.25, -0.2) is 0 Å². The molecule has 1 aliphatic heterocycles. The molecule has 1 heterocycles. The Morgan fingerprint density at radius 1 is 1.28 bits per heavy atom. The predicted octanol–water partition coefficient (Wildman–Crippen LogP) is 1.66. The van der Waals surface area contributed by atoms with Gasteiger partial charge < -0.3 is 9.80 Å². The van der Waals surface area contributed by atoms with Gasteiger partial charge in [-0.3, -0.25) is 10.1 Å². The quantitative estimate of drug-likeness (QED) is 0.670. The molecule has 4 nitrogen and oxygen atoms in total. The minimum atomic E-state index is 0.0637. The van der Waals surface area contributed by atoms with Crippen LogP contribution in [-0.4, -0.2) is 55.1 Å². The van der Waals surface area contributed by atoms with Crippen molar-refractivity contribution in [3.05, 3.63) is 0 Å². The van der Waals surface area contributed by atoms with E-state index in [1.807, 2.05) is 4.90 Å². The summed E-state index contributed by atoms with van der Waals surface area (Å²) in [6.07, 6.45) is 5.72. The van der Waals surface area contributed by atoms with E-state index in [0.717, 1.165) is 45.2 Å². The van der Waals surface area contributed by atoms with E-state index < -0.39 is 0 Å². The summed E-state index contributed by atoms with van der Waals surface area (Å²) in [6.45, 7) is 6.25. The van der Waals surface area contributed by atoms with Gasteiger partial charge in [-0.2, -0.15) is 0 Å². The highest BCUT2D eigenvalue weighted by atomic mass is 16.2. The van der Waals surface area contributed by atoms with Crippen LogP contribution in [0.5, 0.6) is 0 Å². The lowest BCUT2D eigenvalue weighted by Crippen LogP contribution is -2.35. The van der Waals surface area contributed by atoms with Crippen LogP contribution in [0.15, 0.2) is 0 Å². The van der Waals surface area contributed by atoms with Gasteiger partial charge in [-0.15, -0.1) is 0 Å². The molecule has 1 rings (SSSR count). The van der Waals surface area contributed by atoms with Crippen LogP contribution in [-0.2, 0) is 4.79 Å². The Balaban J connectivity index is 2.30. The Kier molecular flexibility index (Phi) is 6.65. The molecule has 1 fully saturated rings. The Morgan fingerprint density at radius 3 is 2.61 bits per heavy atom. The molecular formula is C14H29N3O. The van der Waals surface area contributed by atoms with Gasteiger partial charge in [-0.1, -0.05) is 19.8 Å². The van der Waals surface area contributed by atoms with E-state index in [4.69, 9.17) is 0 Å². The molecule has 0 radical (unpaired) electrons. The molecule has 0 bridgehead atoms. The van der Waals surface area contributed by atoms with Crippen molar-refractivity contribution in [2.75, 3.05) is 27.2 Å². The number of amides is 1. The van der Waals surface area contributed by atoms with Gasteiger partial charge in [0.25, 0.3) is 0 Å². The zero-order valence-corrected chi connectivity index (χ0v) is 12.4. The zero-order chi connectivity index (χ0) is 13.5. The second-order valence-electron chi connectivity index (χ2n) is 5.58. The smallest absolute Gasteiger partial charge is 0.241 e. The van der Waals surface area contributed by atoms with Gasteiger partial charge in [0.15, 0.2) is 0 Å². The summed E-state index contributed by atoms with van der Waals surface area (Å²) in [6, 6.07) is 0.0637. The van der Waals surface area contributed by atoms with Gasteiger partial charge in [0.1, 0.15) is 0 Å². The molecule has 106 valence electrons. The van der Waals surface area contributed by atoms with Crippen LogP contribution in [0.4, 0.5) is 0 Å². The maximum absolute atomic E-state index is 12.2. The van der Waals surface area contributed by atoms with Crippen LogP contribution in [0, 0.1) is 0 Å². The number of hydrogen-bond acceptors (Lipinski definition) is 3. The van der Waals surface area contributed by atoms with E-state index in [0.29, 0.717) is 5.91 Å². The van der Waals surface area contributed by atoms with E-state index in [1.165, 1.54) is 0 Å². The number of nitrogens with one attached hydrogen (secondary N) is 1. The molecule has 0 aromatic rings. The minimum Gasteiger partial charge on any atom is -0.326 e. The number of carbonyl (C=O) groups is 1. The Hall–Kier alpha value is -0.610. The standard InChI is InChI=1S/C14H29N3O/c1-5-6-9-13-14(18)17(12(2)15-13)11-8-7-10-16(3)4/h12-13,15H,5-11H2,1-4H3. The van der Waals surface area contributed by atoms with Crippen LogP contribution in [0.2, 0.25) is 0 Å². The van der Waals surface area contributed by atoms with Crippen LogP contribution in [0.3, 0.4) is 0 Å². The number of nitrogens with zero attached hydrogens (tertiary/aromatic N) is 2. The second-order valence-corrected chi connectivity index (χ2v) is 5.58. The third-order valence-electron chi connectivity index (χ3n) is 3.59. The summed E-state index contributed by atoms with van der Waals surface area (Å²) in [4.78, 5) is 16.4. The minimum absolute atomic E-state index is 0.0637. The van der Waals surface area contributed by atoms with Crippen molar-refractivity contribution >= 4 is 5.91 Å². The van der Waals surface area contributed by atoms with Crippen molar-refractivity contribution in [1.29, 1.82) is 0 Å². The van der Waals surface area contributed by atoms with Crippen LogP contribution in [0.1, 0.15) is 46.0 Å². The number of unbranched alkanes of at least 4 members (excludes halogenated alkanes) is 2. The van der Waals surface area contributed by atoms with Crippen molar-refractivity contribution in [2.24, 2.45) is 0 Å². The average Bonchev–Trinajstić information content (AvgIpc) is 2.58. The maximum atomic E-state index is 12.2. The fraction of sp³-hybridized carbons (Fsp3) is 0.929. The molecule has 4 heteroatoms. The Bertz CT molecular complexity index is 255. The summed E-state index contributed by atoms with van der Waals surface area (Å²) in [5.74, 6) is 0.306. The Labute approximate surface area is 112 Å². The van der Waals surface area contributed by atoms with Gasteiger partial charge >= 0.3 is 0 Å². The van der Waals surface area contributed by atoms with Crippen molar-refractivity contribution < 1.29 is 4.79 Å². The van der Waals surface area contributed by atoms with E-state index in [1.54, 1.807) is 0 Å². The first-order valence-electron chi connectivity index (χ1n) is 7.27. The monoisotopic (exact) mass is 255 g/mol.